The highest BCUT2D eigenvalue weighted by atomic mass is 28.4. The summed E-state index contributed by atoms with van der Waals surface area (Å²) in [7, 11) is -2.44. The van der Waals surface area contributed by atoms with Crippen molar-refractivity contribution in [1.82, 2.24) is 0 Å². The van der Waals surface area contributed by atoms with Gasteiger partial charge in [-0.05, 0) is 32.6 Å². The summed E-state index contributed by atoms with van der Waals surface area (Å²) in [5, 5.41) is 0. The molecule has 17 heavy (non-hydrogen) atoms. The molecule has 0 aliphatic heterocycles. The van der Waals surface area contributed by atoms with E-state index in [0.717, 1.165) is 6.04 Å². The van der Waals surface area contributed by atoms with E-state index in [1.54, 1.807) is 0 Å². The molecular weight excluding hydrogens is 232 g/mol. The van der Waals surface area contributed by atoms with E-state index in [1.807, 2.05) is 20.8 Å². The molecule has 0 amide bonds. The molecule has 0 aromatic carbocycles. The van der Waals surface area contributed by atoms with Gasteiger partial charge in [0.2, 0.25) is 0 Å². The Balaban J connectivity index is 4.62. The molecule has 2 unspecified atom stereocenters. The lowest BCUT2D eigenvalue weighted by molar-refractivity contribution is 0.0652. The second-order valence-corrected chi connectivity index (χ2v) is 7.19. The number of hydrogen-bond acceptors (Lipinski definition) is 3. The predicted molar refractivity (Wildman–Crippen MR) is 74.1 cm³/mol. The molecule has 0 saturated heterocycles. The SMILES string of the molecule is CCO[Si](CC(C)C(C)CC)(OCC)OCC. The van der Waals surface area contributed by atoms with Crippen molar-refractivity contribution < 1.29 is 13.3 Å². The van der Waals surface area contributed by atoms with Crippen molar-refractivity contribution in [2.45, 2.75) is 54.0 Å². The highest BCUT2D eigenvalue weighted by molar-refractivity contribution is 6.60. The summed E-state index contributed by atoms with van der Waals surface area (Å²) in [6.07, 6.45) is 1.19. The highest BCUT2D eigenvalue weighted by Gasteiger charge is 2.42. The Morgan fingerprint density at radius 2 is 1.18 bits per heavy atom. The first kappa shape index (κ1) is 17.1. The van der Waals surface area contributed by atoms with Crippen LogP contribution in [-0.4, -0.2) is 28.6 Å². The van der Waals surface area contributed by atoms with Crippen LogP contribution in [0, 0.1) is 11.8 Å². The zero-order valence-corrected chi connectivity index (χ0v) is 13.4. The molecule has 0 aromatic heterocycles. The monoisotopic (exact) mass is 262 g/mol. The minimum atomic E-state index is -2.44. The largest absolute Gasteiger partial charge is 0.501 e. The molecule has 4 heteroatoms. The van der Waals surface area contributed by atoms with Crippen LogP contribution in [0.3, 0.4) is 0 Å². The summed E-state index contributed by atoms with van der Waals surface area (Å²) >= 11 is 0. The van der Waals surface area contributed by atoms with E-state index in [1.165, 1.54) is 6.42 Å². The molecule has 0 N–H and O–H groups in total. The Hall–Kier alpha value is 0.0969. The fraction of sp³-hybridized carbons (Fsp3) is 1.00. The molecule has 0 heterocycles. The maximum absolute atomic E-state index is 5.87. The molecule has 3 nitrogen and oxygen atoms in total. The van der Waals surface area contributed by atoms with Gasteiger partial charge in [0.25, 0.3) is 0 Å². The van der Waals surface area contributed by atoms with Crippen LogP contribution in [0.4, 0.5) is 0 Å². The van der Waals surface area contributed by atoms with E-state index in [-0.39, 0.29) is 0 Å². The first-order valence-electron chi connectivity index (χ1n) is 6.96. The molecule has 0 saturated carbocycles. The molecule has 0 rings (SSSR count). The molecule has 0 spiro atoms. The van der Waals surface area contributed by atoms with Crippen molar-refractivity contribution in [2.75, 3.05) is 19.8 Å². The predicted octanol–water partition coefficient (Wildman–Crippen LogP) is 3.72. The van der Waals surface area contributed by atoms with E-state index in [2.05, 4.69) is 20.8 Å². The summed E-state index contributed by atoms with van der Waals surface area (Å²) in [6, 6.07) is 0.928. The normalized spacial score (nSPS) is 15.9. The van der Waals surface area contributed by atoms with Crippen LogP contribution in [0.15, 0.2) is 0 Å². The third kappa shape index (κ3) is 6.00. The Morgan fingerprint density at radius 1 is 0.765 bits per heavy atom. The Morgan fingerprint density at radius 3 is 1.47 bits per heavy atom. The van der Waals surface area contributed by atoms with Crippen LogP contribution < -0.4 is 0 Å². The van der Waals surface area contributed by atoms with Crippen LogP contribution in [-0.2, 0) is 13.3 Å². The summed E-state index contributed by atoms with van der Waals surface area (Å²) in [5.74, 6) is 1.26. The van der Waals surface area contributed by atoms with Gasteiger partial charge in [0, 0.05) is 25.9 Å². The van der Waals surface area contributed by atoms with Crippen LogP contribution in [0.5, 0.6) is 0 Å². The molecule has 0 bridgehead atoms. The first-order valence-corrected chi connectivity index (χ1v) is 8.90. The fourth-order valence-electron chi connectivity index (χ4n) is 1.96. The third-order valence-electron chi connectivity index (χ3n) is 3.28. The second kappa shape index (κ2) is 9.08. The number of rotatable bonds is 10. The average molecular weight is 262 g/mol. The topological polar surface area (TPSA) is 27.7 Å². The van der Waals surface area contributed by atoms with Gasteiger partial charge in [-0.25, -0.2) is 0 Å². The fourth-order valence-corrected chi connectivity index (χ4v) is 5.07. The highest BCUT2D eigenvalue weighted by Crippen LogP contribution is 2.27. The summed E-state index contributed by atoms with van der Waals surface area (Å²) < 4.78 is 17.6. The Labute approximate surface area is 108 Å². The Bertz CT molecular complexity index is 170. The Kier molecular flexibility index (Phi) is 9.14. The van der Waals surface area contributed by atoms with E-state index < -0.39 is 8.80 Å². The molecule has 0 radical (unpaired) electrons. The van der Waals surface area contributed by atoms with Crippen LogP contribution >= 0.6 is 0 Å². The molecule has 0 aliphatic carbocycles. The average Bonchev–Trinajstić information content (AvgIpc) is 2.28. The standard InChI is InChI=1S/C13H30O3Si/c1-7-12(5)13(6)11-17(14-8-2,15-9-3)16-10-4/h12-13H,7-11H2,1-6H3. The lowest BCUT2D eigenvalue weighted by Crippen LogP contribution is -2.47. The van der Waals surface area contributed by atoms with Gasteiger partial charge in [-0.2, -0.15) is 0 Å². The zero-order chi connectivity index (χ0) is 13.3. The maximum atomic E-state index is 5.87. The molecule has 0 aromatic rings. The third-order valence-corrected chi connectivity index (χ3v) is 6.61. The van der Waals surface area contributed by atoms with Crippen molar-refractivity contribution in [3.05, 3.63) is 0 Å². The van der Waals surface area contributed by atoms with Crippen molar-refractivity contribution in [1.29, 1.82) is 0 Å². The van der Waals surface area contributed by atoms with Crippen molar-refractivity contribution >= 4 is 8.80 Å². The lowest BCUT2D eigenvalue weighted by Gasteiger charge is -2.32. The zero-order valence-electron chi connectivity index (χ0n) is 12.4. The van der Waals surface area contributed by atoms with Crippen LogP contribution in [0.2, 0.25) is 6.04 Å². The van der Waals surface area contributed by atoms with Gasteiger partial charge in [-0.3, -0.25) is 0 Å². The molecule has 2 atom stereocenters. The van der Waals surface area contributed by atoms with Crippen molar-refractivity contribution in [2.24, 2.45) is 11.8 Å². The van der Waals surface area contributed by atoms with Gasteiger partial charge < -0.3 is 13.3 Å². The summed E-state index contributed by atoms with van der Waals surface area (Å²) in [4.78, 5) is 0. The quantitative estimate of drug-likeness (QED) is 0.562. The number of hydrogen-bond donors (Lipinski definition) is 0. The minimum absolute atomic E-state index is 0.580. The van der Waals surface area contributed by atoms with E-state index >= 15 is 0 Å². The maximum Gasteiger partial charge on any atom is 0.501 e. The van der Waals surface area contributed by atoms with E-state index in [9.17, 15) is 0 Å². The summed E-state index contributed by atoms with van der Waals surface area (Å²) in [6.45, 7) is 14.8. The summed E-state index contributed by atoms with van der Waals surface area (Å²) in [5.41, 5.74) is 0. The second-order valence-electron chi connectivity index (χ2n) is 4.55. The molecule has 104 valence electrons. The van der Waals surface area contributed by atoms with Crippen molar-refractivity contribution in [3.63, 3.8) is 0 Å². The smallest absolute Gasteiger partial charge is 0.374 e. The van der Waals surface area contributed by atoms with Crippen LogP contribution in [0.25, 0.3) is 0 Å². The van der Waals surface area contributed by atoms with Gasteiger partial charge in [0.1, 0.15) is 0 Å². The minimum Gasteiger partial charge on any atom is -0.374 e. The van der Waals surface area contributed by atoms with Gasteiger partial charge in [0.15, 0.2) is 0 Å². The van der Waals surface area contributed by atoms with Gasteiger partial charge >= 0.3 is 8.80 Å². The van der Waals surface area contributed by atoms with Gasteiger partial charge in [-0.15, -0.1) is 0 Å². The molecule has 0 fully saturated rings. The van der Waals surface area contributed by atoms with E-state index in [4.69, 9.17) is 13.3 Å². The first-order chi connectivity index (χ1) is 8.05. The van der Waals surface area contributed by atoms with Gasteiger partial charge in [0.05, 0.1) is 0 Å². The molecular formula is C13H30O3Si. The van der Waals surface area contributed by atoms with Crippen LogP contribution in [0.1, 0.15) is 48.0 Å². The van der Waals surface area contributed by atoms with Crippen molar-refractivity contribution in [3.8, 4) is 0 Å². The molecule has 0 aliphatic rings. The van der Waals surface area contributed by atoms with E-state index in [0.29, 0.717) is 31.7 Å². The van der Waals surface area contributed by atoms with Gasteiger partial charge in [-0.1, -0.05) is 27.2 Å². The lowest BCUT2D eigenvalue weighted by atomic mass is 9.96.